The Bertz CT molecular complexity index is 229. The van der Waals surface area contributed by atoms with Crippen LogP contribution in [0.3, 0.4) is 0 Å². The normalized spacial score (nSPS) is 25.1. The van der Waals surface area contributed by atoms with Crippen molar-refractivity contribution >= 4 is 17.5 Å². The van der Waals surface area contributed by atoms with Crippen molar-refractivity contribution in [1.82, 2.24) is 5.32 Å². The largest absolute Gasteiger partial charge is 0.378 e. The number of carbonyl (C=O) groups excluding carboxylic acids is 1. The summed E-state index contributed by atoms with van der Waals surface area (Å²) in [7, 11) is 0. The number of alkyl halides is 1. The molecule has 1 atom stereocenters. The maximum atomic E-state index is 11.8. The van der Waals surface area contributed by atoms with Gasteiger partial charge in [-0.15, -0.1) is 11.6 Å². The van der Waals surface area contributed by atoms with E-state index >= 15 is 0 Å². The zero-order chi connectivity index (χ0) is 12.7. The van der Waals surface area contributed by atoms with Crippen LogP contribution in [-0.4, -0.2) is 30.5 Å². The second-order valence-corrected chi connectivity index (χ2v) is 5.15. The summed E-state index contributed by atoms with van der Waals surface area (Å²) in [6.07, 6.45) is 4.91. The summed E-state index contributed by atoms with van der Waals surface area (Å²) in [5.74, 6) is 1.29. The zero-order valence-electron chi connectivity index (χ0n) is 10.9. The first kappa shape index (κ1) is 14.8. The Morgan fingerprint density at radius 3 is 2.71 bits per heavy atom. The van der Waals surface area contributed by atoms with Gasteiger partial charge in [0.25, 0.3) is 0 Å². The monoisotopic (exact) mass is 261 g/mol. The molecule has 0 heterocycles. The number of carbonyl (C=O) groups is 1. The second-order valence-electron chi connectivity index (χ2n) is 4.77. The van der Waals surface area contributed by atoms with Crippen LogP contribution < -0.4 is 5.32 Å². The van der Waals surface area contributed by atoms with Crippen LogP contribution in [0.5, 0.6) is 0 Å². The average molecular weight is 262 g/mol. The van der Waals surface area contributed by atoms with Gasteiger partial charge in [0, 0.05) is 24.9 Å². The van der Waals surface area contributed by atoms with Crippen LogP contribution >= 0.6 is 11.6 Å². The molecule has 0 aliphatic heterocycles. The lowest BCUT2D eigenvalue weighted by molar-refractivity contribution is -0.125. The minimum atomic E-state index is 0.168. The summed E-state index contributed by atoms with van der Waals surface area (Å²) in [5.41, 5.74) is 0. The minimum absolute atomic E-state index is 0.168. The number of ether oxygens (including phenoxy) is 1. The number of amides is 1. The first-order valence-electron chi connectivity index (χ1n) is 6.66. The molecule has 1 saturated carbocycles. The van der Waals surface area contributed by atoms with E-state index in [2.05, 4.69) is 12.2 Å². The third-order valence-corrected chi connectivity index (χ3v) is 3.60. The minimum Gasteiger partial charge on any atom is -0.378 e. The highest BCUT2D eigenvalue weighted by atomic mass is 35.5. The molecule has 1 fully saturated rings. The fourth-order valence-electron chi connectivity index (χ4n) is 2.27. The third-order valence-electron chi connectivity index (χ3n) is 3.38. The van der Waals surface area contributed by atoms with Crippen LogP contribution in [0.4, 0.5) is 0 Å². The topological polar surface area (TPSA) is 38.3 Å². The average Bonchev–Trinajstić information content (AvgIpc) is 2.25. The predicted molar refractivity (Wildman–Crippen MR) is 70.3 cm³/mol. The molecule has 0 aromatic heterocycles. The van der Waals surface area contributed by atoms with Crippen molar-refractivity contribution in [1.29, 1.82) is 0 Å². The first-order chi connectivity index (χ1) is 8.19. The summed E-state index contributed by atoms with van der Waals surface area (Å²) in [6.45, 7) is 4.86. The summed E-state index contributed by atoms with van der Waals surface area (Å²) < 4.78 is 5.48. The van der Waals surface area contributed by atoms with Crippen LogP contribution in [0.15, 0.2) is 0 Å². The van der Waals surface area contributed by atoms with E-state index in [4.69, 9.17) is 16.3 Å². The van der Waals surface area contributed by atoms with Gasteiger partial charge in [0.1, 0.15) is 0 Å². The third kappa shape index (κ3) is 5.26. The second kappa shape index (κ2) is 7.93. The molecule has 0 aromatic carbocycles. The maximum absolute atomic E-state index is 11.8. The van der Waals surface area contributed by atoms with Gasteiger partial charge in [-0.25, -0.2) is 0 Å². The van der Waals surface area contributed by atoms with Crippen LogP contribution in [0, 0.1) is 5.92 Å². The van der Waals surface area contributed by atoms with E-state index in [0.29, 0.717) is 24.3 Å². The maximum Gasteiger partial charge on any atom is 0.220 e. The van der Waals surface area contributed by atoms with Crippen LogP contribution in [-0.2, 0) is 9.53 Å². The molecule has 1 unspecified atom stereocenters. The molecular weight excluding hydrogens is 238 g/mol. The van der Waals surface area contributed by atoms with Gasteiger partial charge in [-0.1, -0.05) is 6.92 Å². The number of rotatable bonds is 8. The quantitative estimate of drug-likeness (QED) is 0.683. The van der Waals surface area contributed by atoms with E-state index in [1.807, 2.05) is 6.92 Å². The van der Waals surface area contributed by atoms with Crippen molar-refractivity contribution in [3.05, 3.63) is 0 Å². The molecule has 4 heteroatoms. The summed E-state index contributed by atoms with van der Waals surface area (Å²) >= 11 is 5.69. The lowest BCUT2D eigenvalue weighted by atomic mass is 9.80. The standard InChI is InChI=1S/C13H24ClNO2/c1-3-11(5-6-14)15-13(16)9-10-7-12(8-10)17-4-2/h10-12H,3-9H2,1-2H3,(H,15,16). The Morgan fingerprint density at radius 2 is 2.18 bits per heavy atom. The highest BCUT2D eigenvalue weighted by molar-refractivity contribution is 6.17. The molecule has 0 spiro atoms. The van der Waals surface area contributed by atoms with E-state index in [1.54, 1.807) is 0 Å². The van der Waals surface area contributed by atoms with Gasteiger partial charge in [-0.05, 0) is 38.5 Å². The van der Waals surface area contributed by atoms with Crippen molar-refractivity contribution in [2.24, 2.45) is 5.92 Å². The molecule has 0 bridgehead atoms. The van der Waals surface area contributed by atoms with Crippen molar-refractivity contribution in [2.45, 2.75) is 58.1 Å². The Morgan fingerprint density at radius 1 is 1.47 bits per heavy atom. The fraction of sp³-hybridized carbons (Fsp3) is 0.923. The number of hydrogen-bond donors (Lipinski definition) is 1. The van der Waals surface area contributed by atoms with E-state index in [-0.39, 0.29) is 11.9 Å². The van der Waals surface area contributed by atoms with Crippen molar-refractivity contribution in [3.63, 3.8) is 0 Å². The predicted octanol–water partition coefficient (Wildman–Crippen LogP) is 2.72. The smallest absolute Gasteiger partial charge is 0.220 e. The van der Waals surface area contributed by atoms with Gasteiger partial charge < -0.3 is 10.1 Å². The Hall–Kier alpha value is -0.280. The van der Waals surface area contributed by atoms with Gasteiger partial charge >= 0.3 is 0 Å². The molecular formula is C13H24ClNO2. The summed E-state index contributed by atoms with van der Waals surface area (Å²) in [5, 5.41) is 3.05. The molecule has 3 nitrogen and oxygen atoms in total. The van der Waals surface area contributed by atoms with Gasteiger partial charge in [0.2, 0.25) is 5.91 Å². The molecule has 1 N–H and O–H groups in total. The molecule has 0 saturated heterocycles. The van der Waals surface area contributed by atoms with Gasteiger partial charge in [-0.2, -0.15) is 0 Å². The van der Waals surface area contributed by atoms with Gasteiger partial charge in [0.15, 0.2) is 0 Å². The van der Waals surface area contributed by atoms with E-state index < -0.39 is 0 Å². The molecule has 0 aromatic rings. The molecule has 1 aliphatic rings. The lowest BCUT2D eigenvalue weighted by Gasteiger charge is -2.34. The van der Waals surface area contributed by atoms with Crippen molar-refractivity contribution in [3.8, 4) is 0 Å². The number of nitrogens with one attached hydrogen (secondary N) is 1. The van der Waals surface area contributed by atoms with E-state index in [1.165, 1.54) is 0 Å². The van der Waals surface area contributed by atoms with Gasteiger partial charge in [-0.3, -0.25) is 4.79 Å². The Kier molecular flexibility index (Phi) is 6.90. The molecule has 100 valence electrons. The summed E-state index contributed by atoms with van der Waals surface area (Å²) in [6, 6.07) is 0.239. The van der Waals surface area contributed by atoms with E-state index in [0.717, 1.165) is 32.3 Å². The molecule has 17 heavy (non-hydrogen) atoms. The van der Waals surface area contributed by atoms with Gasteiger partial charge in [0.05, 0.1) is 6.10 Å². The van der Waals surface area contributed by atoms with E-state index in [9.17, 15) is 4.79 Å². The summed E-state index contributed by atoms with van der Waals surface area (Å²) in [4.78, 5) is 11.8. The first-order valence-corrected chi connectivity index (χ1v) is 7.19. The van der Waals surface area contributed by atoms with Crippen LogP contribution in [0.1, 0.15) is 46.0 Å². The number of halogens is 1. The highest BCUT2D eigenvalue weighted by Gasteiger charge is 2.31. The molecule has 1 aliphatic carbocycles. The lowest BCUT2D eigenvalue weighted by Crippen LogP contribution is -2.39. The zero-order valence-corrected chi connectivity index (χ0v) is 11.6. The van der Waals surface area contributed by atoms with Crippen LogP contribution in [0.2, 0.25) is 0 Å². The molecule has 1 amide bonds. The van der Waals surface area contributed by atoms with Crippen molar-refractivity contribution in [2.75, 3.05) is 12.5 Å². The van der Waals surface area contributed by atoms with Crippen LogP contribution in [0.25, 0.3) is 0 Å². The SMILES string of the molecule is CCOC1CC(CC(=O)NC(CC)CCCl)C1. The number of hydrogen-bond acceptors (Lipinski definition) is 2. The Labute approximate surface area is 109 Å². The highest BCUT2D eigenvalue weighted by Crippen LogP contribution is 2.32. The molecule has 0 radical (unpaired) electrons. The Balaban J connectivity index is 2.13. The molecule has 1 rings (SSSR count). The van der Waals surface area contributed by atoms with Crippen molar-refractivity contribution < 1.29 is 9.53 Å². The fourth-order valence-corrected chi connectivity index (χ4v) is 2.54.